The van der Waals surface area contributed by atoms with E-state index in [0.29, 0.717) is 6.54 Å². The van der Waals surface area contributed by atoms with E-state index in [-0.39, 0.29) is 41.1 Å². The number of nitrogens with two attached hydrogens (primary N) is 2. The number of nitro groups is 1. The summed E-state index contributed by atoms with van der Waals surface area (Å²) in [7, 11) is 0. The molecule has 0 bridgehead atoms. The quantitative estimate of drug-likeness (QED) is 0.477. The fourth-order valence-corrected chi connectivity index (χ4v) is 3.78. The lowest BCUT2D eigenvalue weighted by Crippen LogP contribution is -2.42. The topological polar surface area (TPSA) is 133 Å². The summed E-state index contributed by atoms with van der Waals surface area (Å²) in [5.41, 5.74) is 11.5. The molecule has 0 spiro atoms. The van der Waals surface area contributed by atoms with Crippen LogP contribution in [0.15, 0.2) is 30.5 Å². The Hall–Kier alpha value is -3.15. The van der Waals surface area contributed by atoms with Gasteiger partial charge in [-0.25, -0.2) is 4.98 Å². The first-order valence-electron chi connectivity index (χ1n) is 10.1. The monoisotopic (exact) mass is 454 g/mol. The minimum absolute atomic E-state index is 0.000102. The third-order valence-electron chi connectivity index (χ3n) is 5.55. The van der Waals surface area contributed by atoms with Crippen molar-refractivity contribution in [3.8, 4) is 5.75 Å². The summed E-state index contributed by atoms with van der Waals surface area (Å²) in [5, 5.41) is 11.0. The highest BCUT2D eigenvalue weighted by Gasteiger charge is 2.33. The number of anilines is 2. The van der Waals surface area contributed by atoms with Crippen molar-refractivity contribution >= 4 is 17.5 Å². The molecule has 3 rings (SSSR count). The number of halogens is 3. The van der Waals surface area contributed by atoms with Crippen molar-refractivity contribution in [3.05, 3.63) is 46.1 Å². The van der Waals surface area contributed by atoms with Crippen LogP contribution in [0.5, 0.6) is 5.75 Å². The molecule has 1 fully saturated rings. The summed E-state index contributed by atoms with van der Waals surface area (Å²) in [4.78, 5) is 20.1. The van der Waals surface area contributed by atoms with Crippen molar-refractivity contribution in [2.75, 3.05) is 17.2 Å². The summed E-state index contributed by atoms with van der Waals surface area (Å²) >= 11 is 0. The Kier molecular flexibility index (Phi) is 6.72. The zero-order valence-corrected chi connectivity index (χ0v) is 17.5. The van der Waals surface area contributed by atoms with Crippen LogP contribution in [0.25, 0.3) is 0 Å². The summed E-state index contributed by atoms with van der Waals surface area (Å²) in [5.74, 6) is -0.362. The Morgan fingerprint density at radius 1 is 1.31 bits per heavy atom. The number of alkyl halides is 3. The minimum Gasteiger partial charge on any atom is -0.405 e. The van der Waals surface area contributed by atoms with Crippen molar-refractivity contribution in [2.24, 2.45) is 11.7 Å². The molecule has 1 heterocycles. The SMILES string of the molecule is CC1(N)CCC(CN(Cc2ccccc2OC(F)(F)F)c2ncc([N+](=O)[O-])c(N)n2)CC1. The molecule has 4 N–H and O–H groups in total. The second kappa shape index (κ2) is 9.15. The molecule has 1 saturated carbocycles. The van der Waals surface area contributed by atoms with Crippen molar-refractivity contribution in [1.29, 1.82) is 0 Å². The van der Waals surface area contributed by atoms with Gasteiger partial charge in [0.1, 0.15) is 11.9 Å². The Morgan fingerprint density at radius 2 is 1.97 bits per heavy atom. The normalized spacial score (nSPS) is 21.2. The summed E-state index contributed by atoms with van der Waals surface area (Å²) < 4.78 is 42.7. The van der Waals surface area contributed by atoms with Crippen LogP contribution in [0.1, 0.15) is 38.2 Å². The number of rotatable bonds is 7. The lowest BCUT2D eigenvalue weighted by Gasteiger charge is -2.36. The third kappa shape index (κ3) is 6.19. The summed E-state index contributed by atoms with van der Waals surface area (Å²) in [6.07, 6.45) is -0.574. The average Bonchev–Trinajstić information content (AvgIpc) is 2.69. The zero-order chi connectivity index (χ0) is 23.5. The first-order chi connectivity index (χ1) is 14.9. The molecule has 0 unspecified atom stereocenters. The molecular weight excluding hydrogens is 429 g/mol. The van der Waals surface area contributed by atoms with Gasteiger partial charge in [0.05, 0.1) is 4.92 Å². The zero-order valence-electron chi connectivity index (χ0n) is 17.5. The molecule has 0 saturated heterocycles. The van der Waals surface area contributed by atoms with Crippen LogP contribution in [-0.2, 0) is 6.54 Å². The molecule has 1 aliphatic carbocycles. The van der Waals surface area contributed by atoms with Crippen molar-refractivity contribution in [1.82, 2.24) is 9.97 Å². The van der Waals surface area contributed by atoms with E-state index >= 15 is 0 Å². The van der Waals surface area contributed by atoms with Gasteiger partial charge in [-0.05, 0) is 44.6 Å². The van der Waals surface area contributed by atoms with Gasteiger partial charge in [-0.3, -0.25) is 10.1 Å². The second-order valence-corrected chi connectivity index (χ2v) is 8.33. The smallest absolute Gasteiger partial charge is 0.405 e. The molecule has 9 nitrogen and oxygen atoms in total. The van der Waals surface area contributed by atoms with Crippen molar-refractivity contribution < 1.29 is 22.8 Å². The van der Waals surface area contributed by atoms with E-state index in [4.69, 9.17) is 11.5 Å². The van der Waals surface area contributed by atoms with Gasteiger partial charge in [-0.15, -0.1) is 13.2 Å². The highest BCUT2D eigenvalue weighted by Crippen LogP contribution is 2.33. The van der Waals surface area contributed by atoms with Gasteiger partial charge in [-0.2, -0.15) is 4.98 Å². The number of nitrogens with zero attached hydrogens (tertiary/aromatic N) is 4. The van der Waals surface area contributed by atoms with E-state index in [2.05, 4.69) is 14.7 Å². The maximum Gasteiger partial charge on any atom is 0.573 e. The van der Waals surface area contributed by atoms with Gasteiger partial charge in [0.15, 0.2) is 0 Å². The van der Waals surface area contributed by atoms with Gasteiger partial charge < -0.3 is 21.1 Å². The predicted octanol–water partition coefficient (Wildman–Crippen LogP) is 3.78. The van der Waals surface area contributed by atoms with E-state index in [0.717, 1.165) is 31.9 Å². The second-order valence-electron chi connectivity index (χ2n) is 8.33. The lowest BCUT2D eigenvalue weighted by atomic mass is 9.78. The molecular formula is C20H25F3N6O3. The maximum absolute atomic E-state index is 12.8. The van der Waals surface area contributed by atoms with Gasteiger partial charge in [0, 0.05) is 24.2 Å². The Bertz CT molecular complexity index is 960. The fraction of sp³-hybridized carbons (Fsp3) is 0.500. The van der Waals surface area contributed by atoms with E-state index in [1.54, 1.807) is 11.0 Å². The largest absolute Gasteiger partial charge is 0.573 e. The fourth-order valence-electron chi connectivity index (χ4n) is 3.78. The highest BCUT2D eigenvalue weighted by molar-refractivity contribution is 5.54. The van der Waals surface area contributed by atoms with Crippen LogP contribution in [0.2, 0.25) is 0 Å². The first-order valence-corrected chi connectivity index (χ1v) is 10.1. The van der Waals surface area contributed by atoms with Crippen LogP contribution >= 0.6 is 0 Å². The summed E-state index contributed by atoms with van der Waals surface area (Å²) in [6.45, 7) is 2.42. The molecule has 32 heavy (non-hydrogen) atoms. The average molecular weight is 454 g/mol. The molecule has 0 radical (unpaired) electrons. The van der Waals surface area contributed by atoms with E-state index < -0.39 is 17.0 Å². The molecule has 1 aromatic heterocycles. The molecule has 12 heteroatoms. The van der Waals surface area contributed by atoms with E-state index in [1.807, 2.05) is 6.92 Å². The number of hydrogen-bond donors (Lipinski definition) is 2. The number of nitrogen functional groups attached to an aromatic ring is 1. The minimum atomic E-state index is -4.84. The Balaban J connectivity index is 1.90. The number of aromatic nitrogens is 2. The van der Waals surface area contributed by atoms with Crippen molar-refractivity contribution in [2.45, 2.75) is 51.1 Å². The van der Waals surface area contributed by atoms with Crippen LogP contribution in [0.4, 0.5) is 30.6 Å². The first kappa shape index (κ1) is 23.5. The lowest BCUT2D eigenvalue weighted by molar-refractivity contribution is -0.384. The van der Waals surface area contributed by atoms with Crippen LogP contribution in [0.3, 0.4) is 0 Å². The van der Waals surface area contributed by atoms with Gasteiger partial charge in [0.25, 0.3) is 0 Å². The predicted molar refractivity (Wildman–Crippen MR) is 112 cm³/mol. The third-order valence-corrected chi connectivity index (χ3v) is 5.55. The Labute approximate surface area is 182 Å². The molecule has 1 aliphatic rings. The van der Waals surface area contributed by atoms with Crippen LogP contribution in [-0.4, -0.2) is 33.3 Å². The molecule has 1 aromatic carbocycles. The molecule has 0 atom stereocenters. The molecule has 0 aliphatic heterocycles. The standard InChI is InChI=1S/C20H25F3N6O3/c1-19(25)8-6-13(7-9-19)11-28(18-26-10-15(29(30)31)17(24)27-18)12-14-4-2-3-5-16(14)32-20(21,22)23/h2-5,10,13H,6-9,11-12,25H2,1H3,(H2,24,26,27). The highest BCUT2D eigenvalue weighted by atomic mass is 19.4. The van der Waals surface area contributed by atoms with Crippen molar-refractivity contribution in [3.63, 3.8) is 0 Å². The Morgan fingerprint density at radius 3 is 2.56 bits per heavy atom. The van der Waals surface area contributed by atoms with E-state index in [9.17, 15) is 23.3 Å². The molecule has 174 valence electrons. The van der Waals surface area contributed by atoms with E-state index in [1.165, 1.54) is 18.2 Å². The number of para-hydroxylation sites is 1. The maximum atomic E-state index is 12.8. The van der Waals surface area contributed by atoms with Gasteiger partial charge >= 0.3 is 12.0 Å². The number of ether oxygens (including phenoxy) is 1. The summed E-state index contributed by atoms with van der Waals surface area (Å²) in [6, 6.07) is 5.79. The molecule has 2 aromatic rings. The van der Waals surface area contributed by atoms with Crippen LogP contribution < -0.4 is 21.1 Å². The molecule has 0 amide bonds. The van der Waals surface area contributed by atoms with Crippen LogP contribution in [0, 0.1) is 16.0 Å². The van der Waals surface area contributed by atoms with Gasteiger partial charge in [0.2, 0.25) is 11.8 Å². The number of hydrogen-bond acceptors (Lipinski definition) is 8. The van der Waals surface area contributed by atoms with Gasteiger partial charge in [-0.1, -0.05) is 18.2 Å². The number of benzene rings is 1.